The first-order chi connectivity index (χ1) is 7.20. The summed E-state index contributed by atoms with van der Waals surface area (Å²) in [6.45, 7) is 8.87. The van der Waals surface area contributed by atoms with Crippen LogP contribution in [0, 0.1) is 6.92 Å². The summed E-state index contributed by atoms with van der Waals surface area (Å²) in [5.74, 6) is 0.721. The zero-order chi connectivity index (χ0) is 10.8. The van der Waals surface area contributed by atoms with Crippen molar-refractivity contribution in [1.29, 1.82) is 0 Å². The Morgan fingerprint density at radius 3 is 2.60 bits per heavy atom. The number of rotatable bonds is 2. The minimum Gasteiger partial charge on any atom is -0.317 e. The van der Waals surface area contributed by atoms with Gasteiger partial charge < -0.3 is 5.32 Å². The molecular formula is C12H21N3. The molecule has 0 amide bonds. The van der Waals surface area contributed by atoms with Crippen LogP contribution in [0.25, 0.3) is 0 Å². The van der Waals surface area contributed by atoms with E-state index in [-0.39, 0.29) is 0 Å². The Labute approximate surface area is 91.9 Å². The Morgan fingerprint density at radius 2 is 2.07 bits per heavy atom. The molecule has 1 aromatic heterocycles. The van der Waals surface area contributed by atoms with Gasteiger partial charge in [0.1, 0.15) is 0 Å². The standard InChI is InChI=1S/C12H21N3/c1-9(2)15-10(3)12(8-14-15)11-4-6-13-7-5-11/h8-9,11,13H,4-7H2,1-3H3. The van der Waals surface area contributed by atoms with Gasteiger partial charge in [-0.1, -0.05) is 0 Å². The van der Waals surface area contributed by atoms with E-state index in [1.54, 1.807) is 0 Å². The van der Waals surface area contributed by atoms with Crippen LogP contribution in [0.3, 0.4) is 0 Å². The van der Waals surface area contributed by atoms with Crippen LogP contribution in [-0.4, -0.2) is 22.9 Å². The molecule has 3 nitrogen and oxygen atoms in total. The van der Waals surface area contributed by atoms with Crippen molar-refractivity contribution in [2.75, 3.05) is 13.1 Å². The molecule has 0 aliphatic carbocycles. The van der Waals surface area contributed by atoms with Crippen LogP contribution in [0.2, 0.25) is 0 Å². The largest absolute Gasteiger partial charge is 0.317 e. The van der Waals surface area contributed by atoms with Gasteiger partial charge in [0, 0.05) is 11.7 Å². The van der Waals surface area contributed by atoms with Gasteiger partial charge >= 0.3 is 0 Å². The number of hydrogen-bond acceptors (Lipinski definition) is 2. The molecule has 1 N–H and O–H groups in total. The van der Waals surface area contributed by atoms with Gasteiger partial charge in [0.15, 0.2) is 0 Å². The molecular weight excluding hydrogens is 186 g/mol. The lowest BCUT2D eigenvalue weighted by molar-refractivity contribution is 0.456. The first-order valence-corrected chi connectivity index (χ1v) is 5.95. The fourth-order valence-electron chi connectivity index (χ4n) is 2.49. The van der Waals surface area contributed by atoms with E-state index in [1.807, 2.05) is 0 Å². The molecule has 15 heavy (non-hydrogen) atoms. The van der Waals surface area contributed by atoms with Crippen LogP contribution in [-0.2, 0) is 0 Å². The second kappa shape index (κ2) is 4.35. The molecule has 1 saturated heterocycles. The Bertz CT molecular complexity index is 322. The highest BCUT2D eigenvalue weighted by molar-refractivity contribution is 5.22. The molecule has 0 radical (unpaired) electrons. The normalized spacial score (nSPS) is 18.7. The van der Waals surface area contributed by atoms with Crippen LogP contribution < -0.4 is 5.32 Å². The van der Waals surface area contributed by atoms with Gasteiger partial charge in [-0.2, -0.15) is 5.10 Å². The third-order valence-electron chi connectivity index (χ3n) is 3.35. The molecule has 1 aliphatic heterocycles. The molecule has 2 rings (SSSR count). The summed E-state index contributed by atoms with van der Waals surface area (Å²) in [7, 11) is 0. The first-order valence-electron chi connectivity index (χ1n) is 5.95. The topological polar surface area (TPSA) is 29.9 Å². The van der Waals surface area contributed by atoms with Crippen molar-refractivity contribution < 1.29 is 0 Å². The number of piperidine rings is 1. The summed E-state index contributed by atoms with van der Waals surface area (Å²) in [5, 5.41) is 7.89. The lowest BCUT2D eigenvalue weighted by atomic mass is 9.91. The molecule has 2 heterocycles. The van der Waals surface area contributed by atoms with Crippen molar-refractivity contribution in [2.45, 2.75) is 45.6 Å². The fraction of sp³-hybridized carbons (Fsp3) is 0.750. The Morgan fingerprint density at radius 1 is 1.40 bits per heavy atom. The van der Waals surface area contributed by atoms with Crippen LogP contribution in [0.15, 0.2) is 6.20 Å². The van der Waals surface area contributed by atoms with Gasteiger partial charge in [0.2, 0.25) is 0 Å². The lowest BCUT2D eigenvalue weighted by Crippen LogP contribution is -2.26. The predicted molar refractivity (Wildman–Crippen MR) is 62.2 cm³/mol. The molecule has 0 unspecified atom stereocenters. The number of aromatic nitrogens is 2. The van der Waals surface area contributed by atoms with Gasteiger partial charge in [0.05, 0.1) is 6.20 Å². The number of nitrogens with zero attached hydrogens (tertiary/aromatic N) is 2. The summed E-state index contributed by atoms with van der Waals surface area (Å²) in [5.41, 5.74) is 2.82. The molecule has 0 spiro atoms. The maximum Gasteiger partial charge on any atom is 0.0527 e. The SMILES string of the molecule is Cc1c(C2CCNCC2)cnn1C(C)C. The summed E-state index contributed by atoms with van der Waals surface area (Å²) >= 11 is 0. The monoisotopic (exact) mass is 207 g/mol. The average Bonchev–Trinajstić information content (AvgIpc) is 2.61. The smallest absolute Gasteiger partial charge is 0.0527 e. The maximum atomic E-state index is 4.49. The van der Waals surface area contributed by atoms with E-state index < -0.39 is 0 Å². The van der Waals surface area contributed by atoms with Gasteiger partial charge in [-0.25, -0.2) is 0 Å². The number of nitrogens with one attached hydrogen (secondary N) is 1. The molecule has 3 heteroatoms. The maximum absolute atomic E-state index is 4.49. The van der Waals surface area contributed by atoms with Crippen LogP contribution in [0.5, 0.6) is 0 Å². The Kier molecular flexibility index (Phi) is 3.10. The van der Waals surface area contributed by atoms with Crippen molar-refractivity contribution in [1.82, 2.24) is 15.1 Å². The van der Waals surface area contributed by atoms with Crippen molar-refractivity contribution >= 4 is 0 Å². The molecule has 84 valence electrons. The van der Waals surface area contributed by atoms with E-state index in [4.69, 9.17) is 0 Å². The molecule has 0 saturated carbocycles. The average molecular weight is 207 g/mol. The molecule has 1 aromatic rings. The van der Waals surface area contributed by atoms with E-state index >= 15 is 0 Å². The zero-order valence-corrected chi connectivity index (χ0v) is 9.95. The second-order valence-electron chi connectivity index (χ2n) is 4.75. The van der Waals surface area contributed by atoms with Gasteiger partial charge in [-0.3, -0.25) is 4.68 Å². The van der Waals surface area contributed by atoms with E-state index in [0.29, 0.717) is 6.04 Å². The molecule has 0 bridgehead atoms. The third kappa shape index (κ3) is 2.07. The fourth-order valence-corrected chi connectivity index (χ4v) is 2.49. The predicted octanol–water partition coefficient (Wildman–Crippen LogP) is 2.24. The highest BCUT2D eigenvalue weighted by Crippen LogP contribution is 2.28. The van der Waals surface area contributed by atoms with Crippen LogP contribution >= 0.6 is 0 Å². The lowest BCUT2D eigenvalue weighted by Gasteiger charge is -2.22. The second-order valence-corrected chi connectivity index (χ2v) is 4.75. The minimum atomic E-state index is 0.473. The zero-order valence-electron chi connectivity index (χ0n) is 9.95. The van der Waals surface area contributed by atoms with Crippen molar-refractivity contribution in [3.8, 4) is 0 Å². The van der Waals surface area contributed by atoms with E-state index in [9.17, 15) is 0 Å². The molecule has 0 atom stereocenters. The Hall–Kier alpha value is -0.830. The summed E-state index contributed by atoms with van der Waals surface area (Å²) in [6.07, 6.45) is 4.58. The van der Waals surface area contributed by atoms with Gasteiger partial charge in [0.25, 0.3) is 0 Å². The molecule has 0 aromatic carbocycles. The molecule has 1 fully saturated rings. The number of hydrogen-bond donors (Lipinski definition) is 1. The van der Waals surface area contributed by atoms with E-state index in [0.717, 1.165) is 19.0 Å². The van der Waals surface area contributed by atoms with Crippen molar-refractivity contribution in [3.05, 3.63) is 17.5 Å². The van der Waals surface area contributed by atoms with Crippen molar-refractivity contribution in [2.24, 2.45) is 0 Å². The summed E-state index contributed by atoms with van der Waals surface area (Å²) < 4.78 is 2.14. The van der Waals surface area contributed by atoms with E-state index in [1.165, 1.54) is 24.1 Å². The van der Waals surface area contributed by atoms with E-state index in [2.05, 4.69) is 42.1 Å². The minimum absolute atomic E-state index is 0.473. The summed E-state index contributed by atoms with van der Waals surface area (Å²) in [4.78, 5) is 0. The quantitative estimate of drug-likeness (QED) is 0.806. The van der Waals surface area contributed by atoms with Crippen LogP contribution in [0.4, 0.5) is 0 Å². The Balaban J connectivity index is 2.20. The van der Waals surface area contributed by atoms with Crippen LogP contribution in [0.1, 0.15) is 49.9 Å². The summed E-state index contributed by atoms with van der Waals surface area (Å²) in [6, 6.07) is 0.473. The molecule has 1 aliphatic rings. The van der Waals surface area contributed by atoms with Crippen molar-refractivity contribution in [3.63, 3.8) is 0 Å². The first kappa shape index (κ1) is 10.7. The van der Waals surface area contributed by atoms with Gasteiger partial charge in [-0.05, 0) is 58.2 Å². The third-order valence-corrected chi connectivity index (χ3v) is 3.35. The highest BCUT2D eigenvalue weighted by Gasteiger charge is 2.20. The van der Waals surface area contributed by atoms with Gasteiger partial charge in [-0.15, -0.1) is 0 Å². The highest BCUT2D eigenvalue weighted by atomic mass is 15.3.